The summed E-state index contributed by atoms with van der Waals surface area (Å²) >= 11 is 0. The first-order chi connectivity index (χ1) is 9.18. The molecule has 0 aliphatic heterocycles. The fraction of sp³-hybridized carbons (Fsp3) is 0.538. The van der Waals surface area contributed by atoms with Crippen molar-refractivity contribution >= 4 is 19.9 Å². The minimum absolute atomic E-state index is 0.0235. The van der Waals surface area contributed by atoms with E-state index in [0.717, 1.165) is 25.5 Å². The highest BCUT2D eigenvalue weighted by atomic mass is 32.2. The van der Waals surface area contributed by atoms with Crippen LogP contribution in [-0.4, -0.2) is 29.1 Å². The summed E-state index contributed by atoms with van der Waals surface area (Å²) in [5.41, 5.74) is 0. The Morgan fingerprint density at radius 1 is 1.00 bits per heavy atom. The van der Waals surface area contributed by atoms with E-state index in [2.05, 4.69) is 11.6 Å². The van der Waals surface area contributed by atoms with Crippen LogP contribution in [0.2, 0.25) is 0 Å². The van der Waals surface area contributed by atoms with Gasteiger partial charge in [-0.3, -0.25) is 0 Å². The van der Waals surface area contributed by atoms with Crippen LogP contribution in [0.4, 0.5) is 0 Å². The highest BCUT2D eigenvalue weighted by molar-refractivity contribution is 7.90. The molecule has 0 aromatic heterocycles. The zero-order chi connectivity index (χ0) is 15.0. The molecule has 112 valence electrons. The van der Waals surface area contributed by atoms with Crippen LogP contribution < -0.4 is 4.72 Å². The first-order valence-corrected chi connectivity index (χ1v) is 9.88. The molecule has 1 N–H and O–H groups in total. The Balaban J connectivity index is 2.18. The number of hydrogen-bond donors (Lipinski definition) is 1. The molecule has 20 heavy (non-hydrogen) atoms. The summed E-state index contributed by atoms with van der Waals surface area (Å²) in [5.74, 6) is 0.537. The SMILES string of the molecule is CC1CCC(NS(=O)(=O)c2ccc(S(C)(=O)=O)cc2)C1. The van der Waals surface area contributed by atoms with E-state index in [1.165, 1.54) is 24.3 Å². The Morgan fingerprint density at radius 2 is 1.55 bits per heavy atom. The third-order valence-corrected chi connectivity index (χ3v) is 6.24. The zero-order valence-corrected chi connectivity index (χ0v) is 13.2. The summed E-state index contributed by atoms with van der Waals surface area (Å²) in [4.78, 5) is 0.218. The van der Waals surface area contributed by atoms with Gasteiger partial charge in [0.2, 0.25) is 10.0 Å². The maximum Gasteiger partial charge on any atom is 0.240 e. The number of hydrogen-bond acceptors (Lipinski definition) is 4. The zero-order valence-electron chi connectivity index (χ0n) is 11.5. The number of nitrogens with one attached hydrogen (secondary N) is 1. The van der Waals surface area contributed by atoms with Crippen LogP contribution in [0, 0.1) is 5.92 Å². The first-order valence-electron chi connectivity index (χ1n) is 6.51. The van der Waals surface area contributed by atoms with E-state index in [1.54, 1.807) is 0 Å². The molecule has 1 aliphatic rings. The van der Waals surface area contributed by atoms with Crippen LogP contribution in [0.15, 0.2) is 34.1 Å². The Morgan fingerprint density at radius 3 is 2.00 bits per heavy atom. The van der Waals surface area contributed by atoms with E-state index in [1.807, 2.05) is 0 Å². The molecule has 1 aliphatic carbocycles. The van der Waals surface area contributed by atoms with Crippen LogP contribution in [0.25, 0.3) is 0 Å². The van der Waals surface area contributed by atoms with Gasteiger partial charge in [0.1, 0.15) is 0 Å². The van der Waals surface area contributed by atoms with Crippen molar-refractivity contribution in [3.05, 3.63) is 24.3 Å². The lowest BCUT2D eigenvalue weighted by molar-refractivity contribution is 0.538. The molecule has 2 rings (SSSR count). The van der Waals surface area contributed by atoms with Crippen LogP contribution in [-0.2, 0) is 19.9 Å². The fourth-order valence-corrected chi connectivity index (χ4v) is 4.38. The van der Waals surface area contributed by atoms with E-state index in [9.17, 15) is 16.8 Å². The van der Waals surface area contributed by atoms with Crippen LogP contribution in [0.1, 0.15) is 26.2 Å². The molecule has 5 nitrogen and oxygen atoms in total. The molecule has 0 amide bonds. The summed E-state index contributed by atoms with van der Waals surface area (Å²) in [6.07, 6.45) is 3.82. The predicted molar refractivity (Wildman–Crippen MR) is 76.7 cm³/mol. The molecule has 1 fully saturated rings. The number of sulfone groups is 1. The first kappa shape index (κ1) is 15.5. The van der Waals surface area contributed by atoms with Crippen LogP contribution in [0.5, 0.6) is 0 Å². The van der Waals surface area contributed by atoms with Crippen molar-refractivity contribution < 1.29 is 16.8 Å². The van der Waals surface area contributed by atoms with Crippen LogP contribution in [0.3, 0.4) is 0 Å². The van der Waals surface area contributed by atoms with Gasteiger partial charge in [-0.15, -0.1) is 0 Å². The molecule has 0 saturated heterocycles. The van der Waals surface area contributed by atoms with E-state index in [-0.39, 0.29) is 15.8 Å². The molecule has 0 spiro atoms. The van der Waals surface area contributed by atoms with E-state index < -0.39 is 19.9 Å². The summed E-state index contributed by atoms with van der Waals surface area (Å²) in [7, 11) is -6.88. The molecule has 7 heteroatoms. The standard InChI is InChI=1S/C13H19NO4S2/c1-10-3-4-11(9-10)14-20(17,18)13-7-5-12(6-8-13)19(2,15)16/h5-8,10-11,14H,3-4,9H2,1-2H3. The lowest BCUT2D eigenvalue weighted by Gasteiger charge is -2.13. The lowest BCUT2D eigenvalue weighted by atomic mass is 10.1. The minimum Gasteiger partial charge on any atom is -0.224 e. The van der Waals surface area contributed by atoms with Crippen molar-refractivity contribution in [2.75, 3.05) is 6.26 Å². The average Bonchev–Trinajstić information content (AvgIpc) is 2.73. The Kier molecular flexibility index (Phi) is 4.22. The molecule has 1 saturated carbocycles. The van der Waals surface area contributed by atoms with Crippen molar-refractivity contribution in [1.29, 1.82) is 0 Å². The van der Waals surface area contributed by atoms with Gasteiger partial charge in [0.25, 0.3) is 0 Å². The largest absolute Gasteiger partial charge is 0.240 e. The second kappa shape index (κ2) is 5.46. The molecule has 1 aromatic carbocycles. The van der Waals surface area contributed by atoms with Crippen molar-refractivity contribution in [2.24, 2.45) is 5.92 Å². The van der Waals surface area contributed by atoms with E-state index >= 15 is 0 Å². The minimum atomic E-state index is -3.57. The predicted octanol–water partition coefficient (Wildman–Crippen LogP) is 1.56. The average molecular weight is 317 g/mol. The van der Waals surface area contributed by atoms with Crippen molar-refractivity contribution in [3.8, 4) is 0 Å². The Hall–Kier alpha value is -0.920. The number of rotatable bonds is 4. The molecular formula is C13H19NO4S2. The van der Waals surface area contributed by atoms with Gasteiger partial charge >= 0.3 is 0 Å². The van der Waals surface area contributed by atoms with Gasteiger partial charge in [0.05, 0.1) is 9.79 Å². The third kappa shape index (κ3) is 3.59. The summed E-state index contributed by atoms with van der Waals surface area (Å²) in [5, 5.41) is 0. The van der Waals surface area contributed by atoms with Gasteiger partial charge in [-0.05, 0) is 49.4 Å². The quantitative estimate of drug-likeness (QED) is 0.914. The second-order valence-corrected chi connectivity index (χ2v) is 9.21. The summed E-state index contributed by atoms with van der Waals surface area (Å²) in [6, 6.07) is 5.28. The van der Waals surface area contributed by atoms with Gasteiger partial charge < -0.3 is 0 Å². The van der Waals surface area contributed by atoms with E-state index in [0.29, 0.717) is 5.92 Å². The summed E-state index contributed by atoms with van der Waals surface area (Å²) < 4.78 is 49.8. The van der Waals surface area contributed by atoms with Gasteiger partial charge in [0.15, 0.2) is 9.84 Å². The molecule has 2 unspecified atom stereocenters. The van der Waals surface area contributed by atoms with Crippen molar-refractivity contribution in [2.45, 2.75) is 42.0 Å². The van der Waals surface area contributed by atoms with E-state index in [4.69, 9.17) is 0 Å². The second-order valence-electron chi connectivity index (χ2n) is 5.48. The van der Waals surface area contributed by atoms with Crippen molar-refractivity contribution in [3.63, 3.8) is 0 Å². The molecule has 2 atom stereocenters. The number of sulfonamides is 1. The molecule has 0 radical (unpaired) electrons. The molecule has 0 heterocycles. The highest BCUT2D eigenvalue weighted by Gasteiger charge is 2.26. The normalized spacial score (nSPS) is 23.9. The van der Waals surface area contributed by atoms with Gasteiger partial charge in [0, 0.05) is 12.3 Å². The lowest BCUT2D eigenvalue weighted by Crippen LogP contribution is -2.32. The number of benzene rings is 1. The van der Waals surface area contributed by atoms with Gasteiger partial charge in [-0.25, -0.2) is 21.6 Å². The monoisotopic (exact) mass is 317 g/mol. The van der Waals surface area contributed by atoms with Gasteiger partial charge in [-0.2, -0.15) is 0 Å². The summed E-state index contributed by atoms with van der Waals surface area (Å²) in [6.45, 7) is 2.11. The third-order valence-electron chi connectivity index (χ3n) is 3.58. The highest BCUT2D eigenvalue weighted by Crippen LogP contribution is 2.26. The molecule has 1 aromatic rings. The fourth-order valence-electron chi connectivity index (χ4n) is 2.47. The molecule has 0 bridgehead atoms. The Labute approximate surface area is 120 Å². The maximum atomic E-state index is 12.2. The van der Waals surface area contributed by atoms with Gasteiger partial charge in [-0.1, -0.05) is 6.92 Å². The smallest absolute Gasteiger partial charge is 0.224 e. The maximum absolute atomic E-state index is 12.2. The molecular weight excluding hydrogens is 298 g/mol. The van der Waals surface area contributed by atoms with Crippen LogP contribution >= 0.6 is 0 Å². The Bertz CT molecular complexity index is 678. The topological polar surface area (TPSA) is 80.3 Å². The van der Waals surface area contributed by atoms with Crippen molar-refractivity contribution in [1.82, 2.24) is 4.72 Å².